The van der Waals surface area contributed by atoms with Gasteiger partial charge in [-0.15, -0.1) is 11.3 Å². The highest BCUT2D eigenvalue weighted by Gasteiger charge is 2.28. The van der Waals surface area contributed by atoms with Gasteiger partial charge in [-0.3, -0.25) is 14.9 Å². The lowest BCUT2D eigenvalue weighted by atomic mass is 9.91. The lowest BCUT2D eigenvalue weighted by Gasteiger charge is -2.18. The van der Waals surface area contributed by atoms with Crippen LogP contribution in [-0.2, 0) is 27.2 Å². The van der Waals surface area contributed by atoms with Gasteiger partial charge in [0.2, 0.25) is 0 Å². The molecule has 2 aromatic rings. The molecule has 0 saturated heterocycles. The molecular weight excluding hydrogens is 411 g/mol. The van der Waals surface area contributed by atoms with Crippen LogP contribution in [0.5, 0.6) is 5.75 Å². The number of halogens is 2. The van der Waals surface area contributed by atoms with Gasteiger partial charge in [-0.1, -0.05) is 23.2 Å². The third-order valence-electron chi connectivity index (χ3n) is 4.06. The Hall–Kier alpha value is -1.83. The van der Waals surface area contributed by atoms with Crippen LogP contribution < -0.4 is 10.1 Å². The molecule has 1 aliphatic rings. The summed E-state index contributed by atoms with van der Waals surface area (Å²) in [5.74, 6) is -0.270. The molecular formula is C18H18Cl2N2O4S. The third-order valence-corrected chi connectivity index (χ3v) is 5.62. The van der Waals surface area contributed by atoms with E-state index >= 15 is 0 Å². The van der Waals surface area contributed by atoms with Crippen LogP contribution in [0.1, 0.15) is 23.9 Å². The average Bonchev–Trinajstić information content (AvgIpc) is 3.02. The minimum absolute atomic E-state index is 0.142. The summed E-state index contributed by atoms with van der Waals surface area (Å²) >= 11 is 13.2. The van der Waals surface area contributed by atoms with Crippen molar-refractivity contribution in [2.24, 2.45) is 5.92 Å². The maximum absolute atomic E-state index is 12.1. The number of anilines is 1. The molecule has 1 aromatic carbocycles. The fourth-order valence-corrected chi connectivity index (χ4v) is 4.35. The van der Waals surface area contributed by atoms with Gasteiger partial charge < -0.3 is 9.47 Å². The molecule has 3 rings (SSSR count). The van der Waals surface area contributed by atoms with Gasteiger partial charge in [0.1, 0.15) is 5.75 Å². The normalized spacial score (nSPS) is 15.7. The number of hydrogen-bond donors (Lipinski definition) is 1. The fourth-order valence-electron chi connectivity index (χ4n) is 2.78. The minimum atomic E-state index is -0.339. The smallest absolute Gasteiger partial charge is 0.309 e. The van der Waals surface area contributed by atoms with Crippen molar-refractivity contribution < 1.29 is 19.1 Å². The van der Waals surface area contributed by atoms with Crippen LogP contribution in [0.25, 0.3) is 0 Å². The molecule has 27 heavy (non-hydrogen) atoms. The lowest BCUT2D eigenvalue weighted by Crippen LogP contribution is -2.24. The van der Waals surface area contributed by atoms with Crippen molar-refractivity contribution in [2.45, 2.75) is 26.2 Å². The zero-order chi connectivity index (χ0) is 19.4. The van der Waals surface area contributed by atoms with E-state index in [1.807, 2.05) is 0 Å². The van der Waals surface area contributed by atoms with E-state index in [-0.39, 0.29) is 24.4 Å². The quantitative estimate of drug-likeness (QED) is 0.699. The Balaban J connectivity index is 1.56. The average molecular weight is 429 g/mol. The number of esters is 1. The number of thiazole rings is 1. The third kappa shape index (κ3) is 5.12. The largest absolute Gasteiger partial charge is 0.482 e. The Labute approximate surface area is 170 Å². The summed E-state index contributed by atoms with van der Waals surface area (Å²) in [6, 6.07) is 4.79. The number of carbonyl (C=O) groups excluding carboxylic acids is 2. The topological polar surface area (TPSA) is 77.5 Å². The van der Waals surface area contributed by atoms with Crippen molar-refractivity contribution in [2.75, 3.05) is 18.5 Å². The number of aromatic nitrogens is 1. The molecule has 0 aliphatic heterocycles. The predicted molar refractivity (Wildman–Crippen MR) is 105 cm³/mol. The van der Waals surface area contributed by atoms with E-state index in [1.54, 1.807) is 25.1 Å². The summed E-state index contributed by atoms with van der Waals surface area (Å²) < 4.78 is 10.5. The highest BCUT2D eigenvalue weighted by molar-refractivity contribution is 7.15. The van der Waals surface area contributed by atoms with Crippen molar-refractivity contribution in [3.8, 4) is 5.75 Å². The van der Waals surface area contributed by atoms with E-state index in [0.29, 0.717) is 46.8 Å². The monoisotopic (exact) mass is 428 g/mol. The van der Waals surface area contributed by atoms with Gasteiger partial charge in [-0.2, -0.15) is 0 Å². The molecule has 1 atom stereocenters. The SMILES string of the molecule is CCOC(=O)C1CCc2nc(NC(=O)COc3ccc(Cl)cc3Cl)sc2C1. The Morgan fingerprint density at radius 3 is 2.93 bits per heavy atom. The van der Waals surface area contributed by atoms with E-state index in [4.69, 9.17) is 32.7 Å². The number of amides is 1. The molecule has 0 radical (unpaired) electrons. The molecule has 1 unspecified atom stereocenters. The molecule has 1 aromatic heterocycles. The van der Waals surface area contributed by atoms with Gasteiger partial charge in [0.15, 0.2) is 11.7 Å². The molecule has 0 saturated carbocycles. The maximum atomic E-state index is 12.1. The van der Waals surface area contributed by atoms with Crippen molar-refractivity contribution in [1.82, 2.24) is 4.98 Å². The lowest BCUT2D eigenvalue weighted by molar-refractivity contribution is -0.148. The number of hydrogen-bond acceptors (Lipinski definition) is 6. The van der Waals surface area contributed by atoms with E-state index in [1.165, 1.54) is 11.3 Å². The zero-order valence-corrected chi connectivity index (χ0v) is 16.9. The second kappa shape index (κ2) is 8.91. The molecule has 1 aliphatic carbocycles. The van der Waals surface area contributed by atoms with Gasteiger partial charge in [0.05, 0.1) is 23.2 Å². The first-order chi connectivity index (χ1) is 13.0. The number of benzene rings is 1. The molecule has 0 spiro atoms. The molecule has 144 valence electrons. The van der Waals surface area contributed by atoms with Crippen LogP contribution in [0.4, 0.5) is 5.13 Å². The van der Waals surface area contributed by atoms with Gasteiger partial charge in [0.25, 0.3) is 5.91 Å². The number of nitrogens with zero attached hydrogens (tertiary/aromatic N) is 1. The zero-order valence-electron chi connectivity index (χ0n) is 14.6. The van der Waals surface area contributed by atoms with Crippen LogP contribution in [-0.4, -0.2) is 30.1 Å². The molecule has 0 bridgehead atoms. The summed E-state index contributed by atoms with van der Waals surface area (Å²) in [6.07, 6.45) is 2.00. The van der Waals surface area contributed by atoms with Gasteiger partial charge in [-0.25, -0.2) is 4.98 Å². The van der Waals surface area contributed by atoms with E-state index in [2.05, 4.69) is 10.3 Å². The van der Waals surface area contributed by atoms with Crippen LogP contribution in [0, 0.1) is 5.92 Å². The van der Waals surface area contributed by atoms with Crippen molar-refractivity contribution in [3.05, 3.63) is 38.8 Å². The summed E-state index contributed by atoms with van der Waals surface area (Å²) in [5, 5.41) is 4.06. The summed E-state index contributed by atoms with van der Waals surface area (Å²) in [6.45, 7) is 1.98. The van der Waals surface area contributed by atoms with E-state index < -0.39 is 0 Å². The molecule has 0 fully saturated rings. The number of nitrogens with one attached hydrogen (secondary N) is 1. The first kappa shape index (κ1) is 19.9. The van der Waals surface area contributed by atoms with Gasteiger partial charge in [-0.05, 0) is 44.4 Å². The van der Waals surface area contributed by atoms with Crippen molar-refractivity contribution >= 4 is 51.5 Å². The fraction of sp³-hybridized carbons (Fsp3) is 0.389. The molecule has 1 heterocycles. The van der Waals surface area contributed by atoms with Crippen LogP contribution in [0.2, 0.25) is 10.0 Å². The number of rotatable bonds is 6. The first-order valence-electron chi connectivity index (χ1n) is 8.49. The van der Waals surface area contributed by atoms with Gasteiger partial charge in [0, 0.05) is 9.90 Å². The molecule has 1 amide bonds. The molecule has 6 nitrogen and oxygen atoms in total. The Morgan fingerprint density at radius 2 is 2.19 bits per heavy atom. The standard InChI is InChI=1S/C18H18Cl2N2O4S/c1-2-25-17(24)10-3-5-13-15(7-10)27-18(21-13)22-16(23)9-26-14-6-4-11(19)8-12(14)20/h4,6,8,10H,2-3,5,7,9H2,1H3,(H,21,22,23). The Bertz CT molecular complexity index is 856. The summed E-state index contributed by atoms with van der Waals surface area (Å²) in [5.41, 5.74) is 0.928. The van der Waals surface area contributed by atoms with Crippen LogP contribution in [0.3, 0.4) is 0 Å². The van der Waals surface area contributed by atoms with Crippen LogP contribution >= 0.6 is 34.5 Å². The molecule has 9 heteroatoms. The second-order valence-corrected chi connectivity index (χ2v) is 7.92. The number of carbonyl (C=O) groups is 2. The second-order valence-electron chi connectivity index (χ2n) is 5.99. The van der Waals surface area contributed by atoms with Crippen molar-refractivity contribution in [3.63, 3.8) is 0 Å². The highest BCUT2D eigenvalue weighted by atomic mass is 35.5. The number of fused-ring (bicyclic) bond motifs is 1. The van der Waals surface area contributed by atoms with E-state index in [9.17, 15) is 9.59 Å². The maximum Gasteiger partial charge on any atom is 0.309 e. The first-order valence-corrected chi connectivity index (χ1v) is 10.1. The molecule has 1 N–H and O–H groups in total. The number of ether oxygens (including phenoxy) is 2. The predicted octanol–water partition coefficient (Wildman–Crippen LogP) is 4.14. The van der Waals surface area contributed by atoms with Crippen molar-refractivity contribution in [1.29, 1.82) is 0 Å². The Morgan fingerprint density at radius 1 is 1.37 bits per heavy atom. The summed E-state index contributed by atoms with van der Waals surface area (Å²) in [4.78, 5) is 29.5. The number of aryl methyl sites for hydroxylation is 1. The summed E-state index contributed by atoms with van der Waals surface area (Å²) in [7, 11) is 0. The van der Waals surface area contributed by atoms with Gasteiger partial charge >= 0.3 is 5.97 Å². The minimum Gasteiger partial charge on any atom is -0.482 e. The Kier molecular flexibility index (Phi) is 6.57. The van der Waals surface area contributed by atoms with E-state index in [0.717, 1.165) is 10.6 Å². The van der Waals surface area contributed by atoms with Crippen LogP contribution in [0.15, 0.2) is 18.2 Å². The highest BCUT2D eigenvalue weighted by Crippen LogP contribution is 2.33.